The lowest BCUT2D eigenvalue weighted by atomic mass is 10.1. The van der Waals surface area contributed by atoms with E-state index in [0.29, 0.717) is 32.5 Å². The Bertz CT molecular complexity index is 936. The highest BCUT2D eigenvalue weighted by Gasteiger charge is 2.16. The van der Waals surface area contributed by atoms with Crippen LogP contribution in [-0.2, 0) is 13.0 Å². The van der Waals surface area contributed by atoms with Crippen LogP contribution in [0.5, 0.6) is 0 Å². The van der Waals surface area contributed by atoms with Crippen molar-refractivity contribution in [3.8, 4) is 11.1 Å². The minimum atomic E-state index is -0.605. The van der Waals surface area contributed by atoms with Gasteiger partial charge in [0.1, 0.15) is 17.3 Å². The fourth-order valence-electron chi connectivity index (χ4n) is 2.53. The number of hydrogen-bond acceptors (Lipinski definition) is 3. The van der Waals surface area contributed by atoms with Gasteiger partial charge in [-0.2, -0.15) is 0 Å². The van der Waals surface area contributed by atoms with Crippen molar-refractivity contribution in [1.29, 1.82) is 0 Å². The summed E-state index contributed by atoms with van der Waals surface area (Å²) in [6.07, 6.45) is 0.575. The van der Waals surface area contributed by atoms with Crippen molar-refractivity contribution >= 4 is 44.8 Å². The summed E-state index contributed by atoms with van der Waals surface area (Å²) >= 11 is 13.4. The first-order valence-corrected chi connectivity index (χ1v) is 8.72. The van der Waals surface area contributed by atoms with Crippen LogP contribution < -0.4 is 5.56 Å². The molecule has 0 atom stereocenters. The largest absolute Gasteiger partial charge is 0.293 e. The monoisotopic (exact) mass is 370 g/mol. The number of aryl methyl sites for hydroxylation is 1. The van der Waals surface area contributed by atoms with Crippen LogP contribution in [0, 0.1) is 0 Å². The van der Waals surface area contributed by atoms with Crippen LogP contribution in [0.25, 0.3) is 21.3 Å². The summed E-state index contributed by atoms with van der Waals surface area (Å²) in [6, 6.07) is 5.22. The standard InChI is InChI=1S/C16H13Cl2FN2OS/c1-2-13-20-15-14(16(22)21(13)6-5-19)10(8-23-15)9-3-4-11(17)12(18)7-9/h3-4,7-8H,2,5-6H2,1H3. The number of thiophene rings is 1. The first-order valence-electron chi connectivity index (χ1n) is 7.09. The van der Waals surface area contributed by atoms with Crippen LogP contribution in [0.2, 0.25) is 10.0 Å². The number of rotatable bonds is 4. The molecule has 0 radical (unpaired) electrons. The highest BCUT2D eigenvalue weighted by Crippen LogP contribution is 2.34. The van der Waals surface area contributed by atoms with Crippen LogP contribution in [0.15, 0.2) is 28.4 Å². The molecule has 120 valence electrons. The Kier molecular flexibility index (Phi) is 4.71. The van der Waals surface area contributed by atoms with Crippen LogP contribution in [0.1, 0.15) is 12.7 Å². The molecule has 23 heavy (non-hydrogen) atoms. The number of benzene rings is 1. The van der Waals surface area contributed by atoms with Gasteiger partial charge in [0.05, 0.1) is 22.0 Å². The molecule has 3 aromatic rings. The molecule has 0 aliphatic heterocycles. The van der Waals surface area contributed by atoms with Gasteiger partial charge in [0.25, 0.3) is 5.56 Å². The molecule has 0 N–H and O–H groups in total. The van der Waals surface area contributed by atoms with Crippen LogP contribution in [0.3, 0.4) is 0 Å². The topological polar surface area (TPSA) is 34.9 Å². The van der Waals surface area contributed by atoms with E-state index in [0.717, 1.165) is 11.1 Å². The van der Waals surface area contributed by atoms with Gasteiger partial charge in [-0.05, 0) is 17.7 Å². The Morgan fingerprint density at radius 1 is 1.30 bits per heavy atom. The van der Waals surface area contributed by atoms with E-state index in [1.807, 2.05) is 18.4 Å². The second-order valence-electron chi connectivity index (χ2n) is 4.99. The lowest BCUT2D eigenvalue weighted by Gasteiger charge is -2.10. The number of nitrogens with zero attached hydrogens (tertiary/aromatic N) is 2. The summed E-state index contributed by atoms with van der Waals surface area (Å²) in [7, 11) is 0. The fraction of sp³-hybridized carbons (Fsp3) is 0.250. The summed E-state index contributed by atoms with van der Waals surface area (Å²) in [5, 5.41) is 3.25. The number of hydrogen-bond donors (Lipinski definition) is 0. The predicted octanol–water partition coefficient (Wildman–Crippen LogP) is 4.96. The molecule has 3 nitrogen and oxygen atoms in total. The van der Waals surface area contributed by atoms with Gasteiger partial charge in [0.2, 0.25) is 0 Å². The maximum Gasteiger partial charge on any atom is 0.262 e. The van der Waals surface area contributed by atoms with Gasteiger partial charge in [0, 0.05) is 17.4 Å². The molecule has 0 fully saturated rings. The molecule has 0 saturated carbocycles. The van der Waals surface area contributed by atoms with Crippen molar-refractivity contribution < 1.29 is 4.39 Å². The molecular formula is C16H13Cl2FN2OS. The Hall–Kier alpha value is -1.43. The highest BCUT2D eigenvalue weighted by atomic mass is 35.5. The summed E-state index contributed by atoms with van der Waals surface area (Å²) in [6.45, 7) is 1.31. The van der Waals surface area contributed by atoms with Gasteiger partial charge in [-0.3, -0.25) is 9.36 Å². The summed E-state index contributed by atoms with van der Waals surface area (Å²) in [4.78, 5) is 18.0. The SMILES string of the molecule is CCc1nc2scc(-c3ccc(Cl)c(Cl)c3)c2c(=O)n1CCF. The molecule has 0 amide bonds. The van der Waals surface area contributed by atoms with Gasteiger partial charge >= 0.3 is 0 Å². The van der Waals surface area contributed by atoms with Gasteiger partial charge in [0.15, 0.2) is 0 Å². The minimum Gasteiger partial charge on any atom is -0.293 e. The molecule has 7 heteroatoms. The lowest BCUT2D eigenvalue weighted by molar-refractivity contribution is 0.432. The van der Waals surface area contributed by atoms with E-state index < -0.39 is 6.67 Å². The Morgan fingerprint density at radius 3 is 2.74 bits per heavy atom. The molecule has 0 unspecified atom stereocenters. The van der Waals surface area contributed by atoms with Crippen molar-refractivity contribution in [2.45, 2.75) is 19.9 Å². The summed E-state index contributed by atoms with van der Waals surface area (Å²) < 4.78 is 14.2. The van der Waals surface area contributed by atoms with Crippen LogP contribution >= 0.6 is 34.5 Å². The molecule has 0 bridgehead atoms. The zero-order chi connectivity index (χ0) is 16.6. The second-order valence-corrected chi connectivity index (χ2v) is 6.66. The molecule has 0 aliphatic carbocycles. The average molecular weight is 371 g/mol. The molecule has 0 aliphatic rings. The van der Waals surface area contributed by atoms with E-state index in [1.165, 1.54) is 15.9 Å². The van der Waals surface area contributed by atoms with Crippen molar-refractivity contribution in [1.82, 2.24) is 9.55 Å². The number of aromatic nitrogens is 2. The normalized spacial score (nSPS) is 11.3. The van der Waals surface area contributed by atoms with Gasteiger partial charge in [-0.15, -0.1) is 11.3 Å². The zero-order valence-electron chi connectivity index (χ0n) is 12.3. The maximum atomic E-state index is 12.8. The van der Waals surface area contributed by atoms with E-state index >= 15 is 0 Å². The van der Waals surface area contributed by atoms with Gasteiger partial charge < -0.3 is 0 Å². The number of alkyl halides is 1. The first kappa shape index (κ1) is 16.4. The molecular weight excluding hydrogens is 358 g/mol. The first-order chi connectivity index (χ1) is 11.1. The van der Waals surface area contributed by atoms with E-state index in [4.69, 9.17) is 23.2 Å². The van der Waals surface area contributed by atoms with Crippen molar-refractivity contribution in [2.24, 2.45) is 0 Å². The molecule has 0 spiro atoms. The molecule has 2 heterocycles. The Morgan fingerprint density at radius 2 is 2.09 bits per heavy atom. The third-order valence-corrected chi connectivity index (χ3v) is 5.24. The lowest BCUT2D eigenvalue weighted by Crippen LogP contribution is -2.25. The average Bonchev–Trinajstić information content (AvgIpc) is 2.96. The Balaban J connectivity index is 2.29. The van der Waals surface area contributed by atoms with Crippen LogP contribution in [0.4, 0.5) is 4.39 Å². The molecule has 2 aromatic heterocycles. The van der Waals surface area contributed by atoms with E-state index in [1.54, 1.807) is 12.1 Å². The zero-order valence-corrected chi connectivity index (χ0v) is 14.6. The minimum absolute atomic E-state index is 0.0155. The van der Waals surface area contributed by atoms with Crippen LogP contribution in [-0.4, -0.2) is 16.2 Å². The third kappa shape index (κ3) is 2.89. The van der Waals surface area contributed by atoms with E-state index in [2.05, 4.69) is 4.98 Å². The fourth-order valence-corrected chi connectivity index (χ4v) is 3.78. The van der Waals surface area contributed by atoms with E-state index in [-0.39, 0.29) is 12.1 Å². The number of halogens is 3. The summed E-state index contributed by atoms with van der Waals surface area (Å²) in [5.74, 6) is 0.600. The van der Waals surface area contributed by atoms with Gasteiger partial charge in [-0.1, -0.05) is 36.2 Å². The second kappa shape index (κ2) is 6.59. The van der Waals surface area contributed by atoms with Gasteiger partial charge in [-0.25, -0.2) is 9.37 Å². The maximum absolute atomic E-state index is 12.8. The van der Waals surface area contributed by atoms with Crippen molar-refractivity contribution in [2.75, 3.05) is 6.67 Å². The van der Waals surface area contributed by atoms with Crippen molar-refractivity contribution in [3.05, 3.63) is 49.8 Å². The third-order valence-electron chi connectivity index (χ3n) is 3.63. The molecule has 0 saturated heterocycles. The molecule has 1 aromatic carbocycles. The molecule has 3 rings (SSSR count). The summed E-state index contributed by atoms with van der Waals surface area (Å²) in [5.41, 5.74) is 1.32. The van der Waals surface area contributed by atoms with Crippen molar-refractivity contribution in [3.63, 3.8) is 0 Å². The quantitative estimate of drug-likeness (QED) is 0.650. The highest BCUT2D eigenvalue weighted by molar-refractivity contribution is 7.17. The predicted molar refractivity (Wildman–Crippen MR) is 94.7 cm³/mol. The Labute approximate surface area is 146 Å². The smallest absolute Gasteiger partial charge is 0.262 e. The number of fused-ring (bicyclic) bond motifs is 1. The van der Waals surface area contributed by atoms with E-state index in [9.17, 15) is 9.18 Å².